The van der Waals surface area contributed by atoms with Gasteiger partial charge in [0.2, 0.25) is 0 Å². The van der Waals surface area contributed by atoms with Gasteiger partial charge in [-0.15, -0.1) is 0 Å². The van der Waals surface area contributed by atoms with Gasteiger partial charge in [-0.1, -0.05) is 19.1 Å². The topological polar surface area (TPSA) is 126 Å². The number of nitrogens with zero attached hydrogens (tertiary/aromatic N) is 1. The molecule has 1 aromatic rings. The Balaban J connectivity index is 2.10. The highest BCUT2D eigenvalue weighted by Gasteiger charge is 2.49. The Hall–Kier alpha value is -3.24. The zero-order valence-corrected chi connectivity index (χ0v) is 18.6. The molecule has 10 nitrogen and oxygen atoms in total. The number of benzene rings is 1. The number of hydrogen-bond donors (Lipinski definition) is 1. The van der Waals surface area contributed by atoms with Crippen molar-refractivity contribution in [2.45, 2.75) is 59.2 Å². The van der Waals surface area contributed by atoms with Crippen molar-refractivity contribution in [2.24, 2.45) is 0 Å². The van der Waals surface area contributed by atoms with Crippen molar-refractivity contribution in [3.05, 3.63) is 62.5 Å². The second kappa shape index (κ2) is 9.09. The summed E-state index contributed by atoms with van der Waals surface area (Å²) in [6.45, 7) is 8.54. The van der Waals surface area contributed by atoms with Gasteiger partial charge in [0.05, 0.1) is 28.6 Å². The molecule has 1 unspecified atom stereocenters. The summed E-state index contributed by atoms with van der Waals surface area (Å²) in [4.78, 5) is 37.0. The molecule has 1 fully saturated rings. The number of esters is 2. The summed E-state index contributed by atoms with van der Waals surface area (Å²) in [5, 5.41) is 14.4. The average molecular weight is 446 g/mol. The van der Waals surface area contributed by atoms with Gasteiger partial charge in [0.25, 0.3) is 5.69 Å². The van der Waals surface area contributed by atoms with Crippen LogP contribution < -0.4 is 5.32 Å². The molecule has 3 rings (SSSR count). The minimum atomic E-state index is -1.52. The van der Waals surface area contributed by atoms with Gasteiger partial charge >= 0.3 is 17.9 Å². The largest absolute Gasteiger partial charge is 0.463 e. The van der Waals surface area contributed by atoms with Crippen LogP contribution in [0.2, 0.25) is 0 Å². The van der Waals surface area contributed by atoms with Crippen LogP contribution in [0.15, 0.2) is 46.8 Å². The van der Waals surface area contributed by atoms with E-state index in [0.29, 0.717) is 17.0 Å². The SMILES string of the molecule is CCOC(=O)C1=C(C)NC(C)=C(C(=O)OC2(CC)OC(C)O2)C1c1cccc([N+](=O)[O-])c1. The molecular formula is C22H26N2O8. The number of ether oxygens (including phenoxy) is 4. The molecular weight excluding hydrogens is 420 g/mol. The van der Waals surface area contributed by atoms with E-state index in [1.54, 1.807) is 40.7 Å². The normalized spacial score (nSPS) is 25.0. The second-order valence-corrected chi connectivity index (χ2v) is 7.44. The van der Waals surface area contributed by atoms with Crippen LogP contribution in [-0.2, 0) is 28.5 Å². The van der Waals surface area contributed by atoms with Gasteiger partial charge in [0.15, 0.2) is 6.29 Å². The Morgan fingerprint density at radius 2 is 1.78 bits per heavy atom. The number of nitro groups is 1. The van der Waals surface area contributed by atoms with Gasteiger partial charge in [0.1, 0.15) is 0 Å². The monoisotopic (exact) mass is 446 g/mol. The first-order chi connectivity index (χ1) is 15.1. The first kappa shape index (κ1) is 23.4. The smallest absolute Gasteiger partial charge is 0.341 e. The Kier molecular flexibility index (Phi) is 6.65. The van der Waals surface area contributed by atoms with Crippen LogP contribution in [0, 0.1) is 10.1 Å². The number of carbonyl (C=O) groups excluding carboxylic acids is 2. The minimum absolute atomic E-state index is 0.110. The predicted octanol–water partition coefficient (Wildman–Crippen LogP) is 3.39. The number of rotatable bonds is 7. The second-order valence-electron chi connectivity index (χ2n) is 7.44. The van der Waals surface area contributed by atoms with E-state index >= 15 is 0 Å². The lowest BCUT2D eigenvalue weighted by Crippen LogP contribution is -2.55. The van der Waals surface area contributed by atoms with Gasteiger partial charge in [-0.25, -0.2) is 9.59 Å². The molecule has 0 spiro atoms. The third kappa shape index (κ3) is 4.37. The van der Waals surface area contributed by atoms with Crippen LogP contribution in [0.5, 0.6) is 0 Å². The zero-order chi connectivity index (χ0) is 23.6. The molecule has 0 amide bonds. The molecule has 2 heterocycles. The van der Waals surface area contributed by atoms with E-state index in [4.69, 9.17) is 18.9 Å². The van der Waals surface area contributed by atoms with Crippen molar-refractivity contribution in [1.29, 1.82) is 0 Å². The number of allylic oxidation sites excluding steroid dienone is 2. The van der Waals surface area contributed by atoms with E-state index < -0.39 is 35.0 Å². The Labute approximate surface area is 185 Å². The van der Waals surface area contributed by atoms with E-state index in [0.717, 1.165) is 0 Å². The van der Waals surface area contributed by atoms with Crippen LogP contribution in [0.1, 0.15) is 52.5 Å². The standard InChI is InChI=1S/C22H26N2O8/c1-6-22(30-14(5)31-22)32-21(26)18-13(4)23-12(3)17(20(25)29-7-2)19(18)15-9-8-10-16(11-15)24(27)28/h8-11,14,19,23H,6-7H2,1-5H3. The van der Waals surface area contributed by atoms with Crippen molar-refractivity contribution in [3.8, 4) is 0 Å². The average Bonchev–Trinajstić information content (AvgIpc) is 2.71. The third-order valence-corrected chi connectivity index (χ3v) is 5.26. The fraction of sp³-hybridized carbons (Fsp3) is 0.455. The highest BCUT2D eigenvalue weighted by atomic mass is 17.0. The number of hydrogen-bond acceptors (Lipinski definition) is 9. The molecule has 172 valence electrons. The lowest BCUT2D eigenvalue weighted by molar-refractivity contribution is -0.523. The number of nitrogens with one attached hydrogen (secondary N) is 1. The predicted molar refractivity (Wildman–Crippen MR) is 112 cm³/mol. The molecule has 2 aliphatic heterocycles. The molecule has 1 atom stereocenters. The summed E-state index contributed by atoms with van der Waals surface area (Å²) in [5.74, 6) is -3.87. The first-order valence-corrected chi connectivity index (χ1v) is 10.3. The molecule has 0 aliphatic carbocycles. The quantitative estimate of drug-likeness (QED) is 0.381. The van der Waals surface area contributed by atoms with Gasteiger partial charge < -0.3 is 14.8 Å². The van der Waals surface area contributed by atoms with E-state index in [9.17, 15) is 19.7 Å². The lowest BCUT2D eigenvalue weighted by atomic mass is 9.80. The Bertz CT molecular complexity index is 1010. The van der Waals surface area contributed by atoms with Crippen LogP contribution in [0.3, 0.4) is 0 Å². The fourth-order valence-electron chi connectivity index (χ4n) is 3.89. The fourth-order valence-corrected chi connectivity index (χ4v) is 3.89. The maximum absolute atomic E-state index is 13.3. The molecule has 2 aliphatic rings. The molecule has 1 N–H and O–H groups in total. The minimum Gasteiger partial charge on any atom is -0.463 e. The summed E-state index contributed by atoms with van der Waals surface area (Å²) in [7, 11) is 0. The summed E-state index contributed by atoms with van der Waals surface area (Å²) in [6, 6.07) is 5.78. The maximum atomic E-state index is 13.3. The van der Waals surface area contributed by atoms with Crippen molar-refractivity contribution < 1.29 is 33.5 Å². The molecule has 0 aromatic heterocycles. The zero-order valence-electron chi connectivity index (χ0n) is 18.6. The van der Waals surface area contributed by atoms with Crippen molar-refractivity contribution in [2.75, 3.05) is 6.61 Å². The number of non-ortho nitro benzene ring substituents is 1. The van der Waals surface area contributed by atoms with Gasteiger partial charge in [0, 0.05) is 29.9 Å². The van der Waals surface area contributed by atoms with Gasteiger partial charge in [-0.2, -0.15) is 0 Å². The van der Waals surface area contributed by atoms with Crippen molar-refractivity contribution in [1.82, 2.24) is 5.32 Å². The Morgan fingerprint density at radius 3 is 2.31 bits per heavy atom. The maximum Gasteiger partial charge on any atom is 0.341 e. The van der Waals surface area contributed by atoms with Gasteiger partial charge in [-0.05, 0) is 33.3 Å². The number of nitro benzene ring substituents is 1. The Morgan fingerprint density at radius 1 is 1.16 bits per heavy atom. The van der Waals surface area contributed by atoms with E-state index in [1.165, 1.54) is 18.2 Å². The first-order valence-electron chi connectivity index (χ1n) is 10.3. The summed E-state index contributed by atoms with van der Waals surface area (Å²) >= 11 is 0. The van der Waals surface area contributed by atoms with Crippen LogP contribution in [0.4, 0.5) is 5.69 Å². The van der Waals surface area contributed by atoms with Gasteiger partial charge in [-0.3, -0.25) is 19.6 Å². The molecule has 1 saturated heterocycles. The highest BCUT2D eigenvalue weighted by molar-refractivity contribution is 6.00. The van der Waals surface area contributed by atoms with E-state index in [-0.39, 0.29) is 29.9 Å². The van der Waals surface area contributed by atoms with E-state index in [2.05, 4.69) is 5.32 Å². The van der Waals surface area contributed by atoms with Crippen molar-refractivity contribution >= 4 is 17.6 Å². The van der Waals surface area contributed by atoms with E-state index in [1.807, 2.05) is 0 Å². The molecule has 10 heteroatoms. The summed E-state index contributed by atoms with van der Waals surface area (Å²) in [5.41, 5.74) is 1.40. The van der Waals surface area contributed by atoms with Crippen LogP contribution in [-0.4, -0.2) is 35.7 Å². The third-order valence-electron chi connectivity index (χ3n) is 5.26. The molecule has 1 aromatic carbocycles. The molecule has 0 bridgehead atoms. The molecule has 0 saturated carbocycles. The summed E-state index contributed by atoms with van der Waals surface area (Å²) < 4.78 is 21.8. The molecule has 32 heavy (non-hydrogen) atoms. The highest BCUT2D eigenvalue weighted by Crippen LogP contribution is 2.42. The van der Waals surface area contributed by atoms with Crippen LogP contribution in [0.25, 0.3) is 0 Å². The number of dihydropyridines is 1. The lowest BCUT2D eigenvalue weighted by Gasteiger charge is -2.44. The van der Waals surface area contributed by atoms with Crippen LogP contribution >= 0.6 is 0 Å². The van der Waals surface area contributed by atoms with Crippen molar-refractivity contribution in [3.63, 3.8) is 0 Å². The number of carbonyl (C=O) groups is 2. The summed E-state index contributed by atoms with van der Waals surface area (Å²) in [6.07, 6.45) is -0.267. The molecule has 0 radical (unpaired) electrons.